The predicted molar refractivity (Wildman–Crippen MR) is 242 cm³/mol. The summed E-state index contributed by atoms with van der Waals surface area (Å²) in [4.78, 5) is 67.7. The minimum absolute atomic E-state index is 0.00306. The molecule has 1 aromatic carbocycles. The zero-order valence-corrected chi connectivity index (χ0v) is 39.8. The van der Waals surface area contributed by atoms with Gasteiger partial charge in [0.1, 0.15) is 6.10 Å². The molecule has 342 valence electrons. The molecule has 0 heterocycles. The molecule has 1 unspecified atom stereocenters. The third-order valence-electron chi connectivity index (χ3n) is 20.7. The lowest BCUT2D eigenvalue weighted by molar-refractivity contribution is -0.265. The Morgan fingerprint density at radius 1 is 0.825 bits per heavy atom. The Bertz CT molecular complexity index is 2190. The maximum absolute atomic E-state index is 14.6. The molecule has 10 heteroatoms. The number of hydrogen-bond donors (Lipinski definition) is 3. The van der Waals surface area contributed by atoms with Crippen molar-refractivity contribution in [1.82, 2.24) is 10.6 Å². The number of carboxylic acids is 1. The molecule has 0 radical (unpaired) electrons. The Kier molecular flexibility index (Phi) is 10.5. The van der Waals surface area contributed by atoms with Gasteiger partial charge in [-0.1, -0.05) is 97.6 Å². The Hall–Kier alpha value is -3.46. The van der Waals surface area contributed by atoms with E-state index in [1.54, 1.807) is 24.3 Å². The van der Waals surface area contributed by atoms with Crippen LogP contribution in [0.15, 0.2) is 47.6 Å². The van der Waals surface area contributed by atoms with Gasteiger partial charge in [0.05, 0.1) is 17.4 Å². The maximum atomic E-state index is 14.6. The summed E-state index contributed by atoms with van der Waals surface area (Å²) < 4.78 is 6.50. The highest BCUT2D eigenvalue weighted by Gasteiger charge is 2.76. The summed E-state index contributed by atoms with van der Waals surface area (Å²) >= 11 is 6.07. The van der Waals surface area contributed by atoms with Gasteiger partial charge in [-0.15, -0.1) is 0 Å². The van der Waals surface area contributed by atoms with E-state index in [1.807, 2.05) is 13.8 Å². The molecule has 8 aliphatic rings. The van der Waals surface area contributed by atoms with Crippen molar-refractivity contribution in [3.05, 3.63) is 58.1 Å². The van der Waals surface area contributed by atoms with E-state index in [0.717, 1.165) is 82.6 Å². The molecular formula is C53H71ClN2O7. The molecule has 6 fully saturated rings. The second-order valence-corrected chi connectivity index (χ2v) is 24.2. The number of benzene rings is 1. The Balaban J connectivity index is 0.951. The summed E-state index contributed by atoms with van der Waals surface area (Å²) in [5.74, 6) is -1.28. The Labute approximate surface area is 379 Å². The van der Waals surface area contributed by atoms with Gasteiger partial charge < -0.3 is 20.5 Å². The number of Topliss-reactive ketones (excluding diaryl/α,β-unsaturated/α-hetero) is 1. The molecule has 9 rings (SSSR count). The standard InChI is InChI=1S/C53H71ClN2O7/c1-31(2)41-37(57)28-51(29-40(58)56-52(18-9-10-19-52)30-55-43(59)32-11-13-33(54)14-12-32)24-21-47(5)34(42(41)51)15-16-38-48(47,6)22-25-53-26-23-50(53,8)39(17-20-49(38,53)7)63-45(62)36-27-35(44(60)61)46(36,3)4/h11-14,23,26,31,34-36,38-39H,9-10,15-22,24-25,27-30H2,1-8H3,(H,55,59)(H,56,58)(H,60,61)/t34?,35-,36+,38-,39-,47+,48+,49+,50+,51-,53-/m0/s1. The smallest absolute Gasteiger partial charge is 0.309 e. The van der Waals surface area contributed by atoms with Crippen molar-refractivity contribution >= 4 is 41.1 Å². The van der Waals surface area contributed by atoms with Gasteiger partial charge >= 0.3 is 11.9 Å². The summed E-state index contributed by atoms with van der Waals surface area (Å²) in [7, 11) is 0. The fourth-order valence-electron chi connectivity index (χ4n) is 16.7. The van der Waals surface area contributed by atoms with Crippen LogP contribution in [0.5, 0.6) is 0 Å². The van der Waals surface area contributed by atoms with E-state index in [1.165, 1.54) is 5.57 Å². The predicted octanol–water partition coefficient (Wildman–Crippen LogP) is 10.4. The van der Waals surface area contributed by atoms with E-state index in [-0.39, 0.29) is 68.6 Å². The van der Waals surface area contributed by atoms with Crippen LogP contribution in [0.4, 0.5) is 0 Å². The number of rotatable bonds is 10. The van der Waals surface area contributed by atoms with Gasteiger partial charge in [0, 0.05) is 46.2 Å². The number of carbonyl (C=O) groups excluding carboxylic acids is 4. The van der Waals surface area contributed by atoms with Crippen molar-refractivity contribution in [1.29, 1.82) is 0 Å². The van der Waals surface area contributed by atoms with Gasteiger partial charge in [-0.25, -0.2) is 0 Å². The SMILES string of the molecule is CC(C)C1=C2C3CC[C@@H]4[C@@]5(C)CC[C@H](OC(=O)[C@H]6C[C@@H](C(=O)O)C6(C)C)[C@@]6(C)C=C[C@]65CC[C@@]4(C)[C@]3(C)CC[C@@]2(CC(=O)NC2(CNC(=O)c3ccc(Cl)cc3)CCCC2)CC1=O. The second-order valence-electron chi connectivity index (χ2n) is 23.8. The van der Waals surface area contributed by atoms with Crippen LogP contribution >= 0.6 is 11.6 Å². The first-order valence-corrected chi connectivity index (χ1v) is 24.7. The number of amides is 2. The van der Waals surface area contributed by atoms with Crippen LogP contribution in [0.25, 0.3) is 0 Å². The molecule has 2 amide bonds. The molecule has 1 spiro atoms. The zero-order valence-electron chi connectivity index (χ0n) is 39.0. The van der Waals surface area contributed by atoms with Gasteiger partial charge in [-0.2, -0.15) is 0 Å². The van der Waals surface area contributed by atoms with E-state index >= 15 is 0 Å². The van der Waals surface area contributed by atoms with Crippen molar-refractivity contribution in [3.63, 3.8) is 0 Å². The molecule has 0 aromatic heterocycles. The van der Waals surface area contributed by atoms with Crippen molar-refractivity contribution in [2.24, 2.45) is 67.5 Å². The molecule has 0 aliphatic heterocycles. The minimum atomic E-state index is -0.841. The molecule has 0 bridgehead atoms. The van der Waals surface area contributed by atoms with E-state index < -0.39 is 34.2 Å². The van der Waals surface area contributed by atoms with Gasteiger partial charge in [0.2, 0.25) is 5.91 Å². The highest BCUT2D eigenvalue weighted by molar-refractivity contribution is 6.30. The fourth-order valence-corrected chi connectivity index (χ4v) is 16.8. The van der Waals surface area contributed by atoms with Crippen molar-refractivity contribution in [2.45, 2.75) is 163 Å². The maximum Gasteiger partial charge on any atom is 0.309 e. The lowest BCUT2D eigenvalue weighted by Crippen LogP contribution is -2.72. The second kappa shape index (κ2) is 14.8. The first-order valence-electron chi connectivity index (χ1n) is 24.3. The molecule has 3 N–H and O–H groups in total. The fraction of sp³-hybridized carbons (Fsp3) is 0.717. The number of aliphatic carboxylic acids is 1. The number of ether oxygens (including phenoxy) is 1. The third-order valence-corrected chi connectivity index (χ3v) is 20.9. The topological polar surface area (TPSA) is 139 Å². The molecule has 11 atom stereocenters. The first-order chi connectivity index (χ1) is 29.5. The number of carboxylic acid groups (broad SMARTS) is 1. The Morgan fingerprint density at radius 3 is 2.13 bits per heavy atom. The molecule has 63 heavy (non-hydrogen) atoms. The van der Waals surface area contributed by atoms with Crippen molar-refractivity contribution < 1.29 is 33.8 Å². The molecule has 8 aliphatic carbocycles. The van der Waals surface area contributed by atoms with Crippen LogP contribution in [0.1, 0.15) is 162 Å². The Morgan fingerprint density at radius 2 is 1.51 bits per heavy atom. The van der Waals surface area contributed by atoms with Gasteiger partial charge in [0.15, 0.2) is 5.78 Å². The average Bonchev–Trinajstić information content (AvgIpc) is 3.78. The van der Waals surface area contributed by atoms with Gasteiger partial charge in [-0.3, -0.25) is 24.0 Å². The average molecular weight is 884 g/mol. The van der Waals surface area contributed by atoms with Crippen LogP contribution in [0.3, 0.4) is 0 Å². The van der Waals surface area contributed by atoms with Crippen LogP contribution < -0.4 is 10.6 Å². The number of carbonyl (C=O) groups is 5. The van der Waals surface area contributed by atoms with Gasteiger partial charge in [0.25, 0.3) is 5.91 Å². The normalized spacial score (nSPS) is 41.5. The summed E-state index contributed by atoms with van der Waals surface area (Å²) in [6, 6.07) is 6.85. The van der Waals surface area contributed by atoms with Crippen molar-refractivity contribution in [2.75, 3.05) is 6.54 Å². The summed E-state index contributed by atoms with van der Waals surface area (Å²) in [6.45, 7) is 18.4. The number of ketones is 1. The number of esters is 1. The van der Waals surface area contributed by atoms with Gasteiger partial charge in [-0.05, 0) is 140 Å². The van der Waals surface area contributed by atoms with E-state index in [0.29, 0.717) is 42.3 Å². The molecule has 6 saturated carbocycles. The molecule has 1 aromatic rings. The summed E-state index contributed by atoms with van der Waals surface area (Å²) in [5.41, 5.74) is 0.652. The minimum Gasteiger partial charge on any atom is -0.481 e. The highest BCUT2D eigenvalue weighted by Crippen LogP contribution is 2.82. The van der Waals surface area contributed by atoms with Crippen LogP contribution in [-0.4, -0.2) is 52.8 Å². The highest BCUT2D eigenvalue weighted by atomic mass is 35.5. The third kappa shape index (κ3) is 6.21. The first kappa shape index (κ1) is 44.7. The largest absolute Gasteiger partial charge is 0.481 e. The van der Waals surface area contributed by atoms with E-state index in [4.69, 9.17) is 16.3 Å². The van der Waals surface area contributed by atoms with E-state index in [2.05, 4.69) is 64.3 Å². The molecular weight excluding hydrogens is 812 g/mol. The number of allylic oxidation sites excluding steroid dienone is 3. The molecule has 9 nitrogen and oxygen atoms in total. The quantitative estimate of drug-likeness (QED) is 0.157. The lowest BCUT2D eigenvalue weighted by Gasteiger charge is -2.77. The van der Waals surface area contributed by atoms with Crippen molar-refractivity contribution in [3.8, 4) is 0 Å². The molecule has 0 saturated heterocycles. The van der Waals surface area contributed by atoms with Crippen LogP contribution in [-0.2, 0) is 23.9 Å². The number of fused-ring (bicyclic) bond motifs is 6. The number of halogens is 1. The van der Waals surface area contributed by atoms with Crippen LogP contribution in [0.2, 0.25) is 5.02 Å². The van der Waals surface area contributed by atoms with E-state index in [9.17, 15) is 29.1 Å². The summed E-state index contributed by atoms with van der Waals surface area (Å²) in [6.07, 6.45) is 16.8. The summed E-state index contributed by atoms with van der Waals surface area (Å²) in [5, 5.41) is 16.9. The number of nitrogens with one attached hydrogen (secondary N) is 2. The lowest BCUT2D eigenvalue weighted by atomic mass is 9.27. The monoisotopic (exact) mass is 882 g/mol. The zero-order chi connectivity index (χ0) is 45.3. The van der Waals surface area contributed by atoms with Crippen LogP contribution in [0, 0.1) is 67.5 Å². The number of hydrogen-bond acceptors (Lipinski definition) is 6.